The van der Waals surface area contributed by atoms with Crippen molar-refractivity contribution in [3.8, 4) is 0 Å². The lowest BCUT2D eigenvalue weighted by molar-refractivity contribution is 0.200. The SMILES string of the molecule is CCN(Cc1ccccn1)C(CN)c1cncc(Br)c1. The summed E-state index contributed by atoms with van der Waals surface area (Å²) in [5, 5.41) is 0. The molecule has 2 aromatic heterocycles. The van der Waals surface area contributed by atoms with Gasteiger partial charge in [-0.2, -0.15) is 0 Å². The molecule has 0 bridgehead atoms. The number of likely N-dealkylation sites (N-methyl/N-ethyl adjacent to an activating group) is 1. The maximum Gasteiger partial charge on any atom is 0.0544 e. The molecule has 20 heavy (non-hydrogen) atoms. The zero-order chi connectivity index (χ0) is 14.4. The average Bonchev–Trinajstić information content (AvgIpc) is 2.48. The monoisotopic (exact) mass is 334 g/mol. The molecule has 1 unspecified atom stereocenters. The highest BCUT2D eigenvalue weighted by Gasteiger charge is 2.18. The van der Waals surface area contributed by atoms with Crippen molar-refractivity contribution in [1.82, 2.24) is 14.9 Å². The van der Waals surface area contributed by atoms with E-state index in [0.29, 0.717) is 6.54 Å². The van der Waals surface area contributed by atoms with E-state index in [2.05, 4.69) is 43.8 Å². The van der Waals surface area contributed by atoms with Crippen LogP contribution in [0.4, 0.5) is 0 Å². The molecule has 1 atom stereocenters. The van der Waals surface area contributed by atoms with Gasteiger partial charge < -0.3 is 5.73 Å². The molecule has 0 aliphatic rings. The van der Waals surface area contributed by atoms with E-state index in [1.54, 1.807) is 6.20 Å². The first-order valence-corrected chi connectivity index (χ1v) is 7.48. The Labute approximate surface area is 128 Å². The second-order valence-corrected chi connectivity index (χ2v) is 5.49. The van der Waals surface area contributed by atoms with Gasteiger partial charge in [-0.3, -0.25) is 14.9 Å². The molecule has 0 fully saturated rings. The Bertz CT molecular complexity index is 532. The standard InChI is InChI=1S/C15H19BrN4/c1-2-20(11-14-5-3-4-6-19-14)15(8-17)12-7-13(16)10-18-9-12/h3-7,9-10,15H,2,8,11,17H2,1H3. The van der Waals surface area contributed by atoms with Gasteiger partial charge in [-0.1, -0.05) is 13.0 Å². The fraction of sp³-hybridized carbons (Fsp3) is 0.333. The van der Waals surface area contributed by atoms with Crippen LogP contribution in [0.1, 0.15) is 24.2 Å². The number of hydrogen-bond donors (Lipinski definition) is 1. The molecule has 0 aliphatic heterocycles. The van der Waals surface area contributed by atoms with Crippen molar-refractivity contribution in [3.05, 3.63) is 58.6 Å². The maximum atomic E-state index is 5.98. The minimum Gasteiger partial charge on any atom is -0.329 e. The third-order valence-electron chi connectivity index (χ3n) is 3.27. The molecule has 4 nitrogen and oxygen atoms in total. The fourth-order valence-corrected chi connectivity index (χ4v) is 2.63. The molecular formula is C15H19BrN4. The molecule has 0 saturated carbocycles. The summed E-state index contributed by atoms with van der Waals surface area (Å²) >= 11 is 3.46. The number of nitrogens with zero attached hydrogens (tertiary/aromatic N) is 3. The molecule has 0 spiro atoms. The lowest BCUT2D eigenvalue weighted by Gasteiger charge is -2.29. The van der Waals surface area contributed by atoms with E-state index in [1.807, 2.05) is 30.6 Å². The van der Waals surface area contributed by atoms with Gasteiger partial charge in [0.15, 0.2) is 0 Å². The van der Waals surface area contributed by atoms with Gasteiger partial charge in [-0.25, -0.2) is 0 Å². The number of aromatic nitrogens is 2. The summed E-state index contributed by atoms with van der Waals surface area (Å²) in [5.74, 6) is 0. The van der Waals surface area contributed by atoms with E-state index >= 15 is 0 Å². The van der Waals surface area contributed by atoms with Crippen LogP contribution in [0.5, 0.6) is 0 Å². The first kappa shape index (κ1) is 15.1. The number of halogens is 1. The van der Waals surface area contributed by atoms with Crippen LogP contribution in [0, 0.1) is 0 Å². The highest BCUT2D eigenvalue weighted by Crippen LogP contribution is 2.23. The molecule has 0 aliphatic carbocycles. The van der Waals surface area contributed by atoms with Crippen LogP contribution in [0.3, 0.4) is 0 Å². The Hall–Kier alpha value is -1.30. The van der Waals surface area contributed by atoms with Crippen molar-refractivity contribution >= 4 is 15.9 Å². The predicted molar refractivity (Wildman–Crippen MR) is 84.1 cm³/mol. The number of pyridine rings is 2. The van der Waals surface area contributed by atoms with Crippen molar-refractivity contribution in [2.24, 2.45) is 5.73 Å². The van der Waals surface area contributed by atoms with Gasteiger partial charge in [0, 0.05) is 42.2 Å². The third-order valence-corrected chi connectivity index (χ3v) is 3.71. The molecule has 0 saturated heterocycles. The summed E-state index contributed by atoms with van der Waals surface area (Å²) in [6, 6.07) is 8.19. The molecule has 2 heterocycles. The van der Waals surface area contributed by atoms with Gasteiger partial charge in [-0.15, -0.1) is 0 Å². The van der Waals surface area contributed by atoms with Gasteiger partial charge in [-0.05, 0) is 46.2 Å². The highest BCUT2D eigenvalue weighted by molar-refractivity contribution is 9.10. The third kappa shape index (κ3) is 3.85. The minimum absolute atomic E-state index is 0.145. The Morgan fingerprint density at radius 1 is 1.35 bits per heavy atom. The van der Waals surface area contributed by atoms with E-state index in [4.69, 9.17) is 5.73 Å². The Kier molecular flexibility index (Phi) is 5.64. The molecule has 0 amide bonds. The second kappa shape index (κ2) is 7.47. The van der Waals surface area contributed by atoms with Crippen LogP contribution in [-0.2, 0) is 6.54 Å². The number of rotatable bonds is 6. The second-order valence-electron chi connectivity index (χ2n) is 4.57. The molecule has 0 aromatic carbocycles. The van der Waals surface area contributed by atoms with E-state index in [-0.39, 0.29) is 6.04 Å². The van der Waals surface area contributed by atoms with Crippen molar-refractivity contribution in [2.75, 3.05) is 13.1 Å². The highest BCUT2D eigenvalue weighted by atomic mass is 79.9. The van der Waals surface area contributed by atoms with Gasteiger partial charge in [0.05, 0.1) is 5.69 Å². The van der Waals surface area contributed by atoms with Crippen LogP contribution in [0.2, 0.25) is 0 Å². The Morgan fingerprint density at radius 2 is 2.20 bits per heavy atom. The Morgan fingerprint density at radius 3 is 2.80 bits per heavy atom. The number of hydrogen-bond acceptors (Lipinski definition) is 4. The summed E-state index contributed by atoms with van der Waals surface area (Å²) in [6.07, 6.45) is 5.48. The lowest BCUT2D eigenvalue weighted by Crippen LogP contribution is -2.33. The summed E-state index contributed by atoms with van der Waals surface area (Å²) in [5.41, 5.74) is 8.16. The largest absolute Gasteiger partial charge is 0.329 e. The topological polar surface area (TPSA) is 55.0 Å². The van der Waals surface area contributed by atoms with Crippen molar-refractivity contribution in [1.29, 1.82) is 0 Å². The van der Waals surface area contributed by atoms with Gasteiger partial charge in [0.2, 0.25) is 0 Å². The van der Waals surface area contributed by atoms with Crippen LogP contribution in [-0.4, -0.2) is 28.0 Å². The predicted octanol–water partition coefficient (Wildman–Crippen LogP) is 2.76. The molecule has 2 N–H and O–H groups in total. The molecule has 2 aromatic rings. The van der Waals surface area contributed by atoms with E-state index in [0.717, 1.165) is 28.8 Å². The quantitative estimate of drug-likeness (QED) is 0.882. The Balaban J connectivity index is 2.19. The van der Waals surface area contributed by atoms with Crippen LogP contribution >= 0.6 is 15.9 Å². The minimum atomic E-state index is 0.145. The van der Waals surface area contributed by atoms with Gasteiger partial charge in [0.1, 0.15) is 0 Å². The van der Waals surface area contributed by atoms with Gasteiger partial charge in [0.25, 0.3) is 0 Å². The van der Waals surface area contributed by atoms with Crippen molar-refractivity contribution < 1.29 is 0 Å². The average molecular weight is 335 g/mol. The van der Waals surface area contributed by atoms with Crippen LogP contribution in [0.15, 0.2) is 47.3 Å². The molecule has 106 valence electrons. The maximum absolute atomic E-state index is 5.98. The molecule has 0 radical (unpaired) electrons. The fourth-order valence-electron chi connectivity index (χ4n) is 2.25. The summed E-state index contributed by atoms with van der Waals surface area (Å²) in [4.78, 5) is 10.9. The van der Waals surface area contributed by atoms with Crippen molar-refractivity contribution in [2.45, 2.75) is 19.5 Å². The smallest absolute Gasteiger partial charge is 0.0544 e. The molecule has 2 rings (SSSR count). The zero-order valence-corrected chi connectivity index (χ0v) is 13.1. The summed E-state index contributed by atoms with van der Waals surface area (Å²) < 4.78 is 0.974. The van der Waals surface area contributed by atoms with Crippen LogP contribution in [0.25, 0.3) is 0 Å². The van der Waals surface area contributed by atoms with E-state index in [9.17, 15) is 0 Å². The lowest BCUT2D eigenvalue weighted by atomic mass is 10.1. The summed E-state index contributed by atoms with van der Waals surface area (Å²) in [7, 11) is 0. The number of nitrogens with two attached hydrogens (primary N) is 1. The molecular weight excluding hydrogens is 316 g/mol. The van der Waals surface area contributed by atoms with E-state index in [1.165, 1.54) is 0 Å². The van der Waals surface area contributed by atoms with E-state index < -0.39 is 0 Å². The van der Waals surface area contributed by atoms with Gasteiger partial charge >= 0.3 is 0 Å². The first-order valence-electron chi connectivity index (χ1n) is 6.69. The molecule has 5 heteroatoms. The summed E-state index contributed by atoms with van der Waals surface area (Å²) in [6.45, 7) is 4.38. The first-order chi connectivity index (χ1) is 9.74. The van der Waals surface area contributed by atoms with Crippen LogP contribution < -0.4 is 5.73 Å². The zero-order valence-electron chi connectivity index (χ0n) is 11.5. The van der Waals surface area contributed by atoms with Crippen molar-refractivity contribution in [3.63, 3.8) is 0 Å². The normalized spacial score (nSPS) is 12.6.